The summed E-state index contributed by atoms with van der Waals surface area (Å²) in [5.74, 6) is 1.71. The Morgan fingerprint density at radius 3 is 2.55 bits per heavy atom. The Morgan fingerprint density at radius 2 is 1.94 bits per heavy atom. The first-order chi connectivity index (χ1) is 16.1. The summed E-state index contributed by atoms with van der Waals surface area (Å²) in [5, 5.41) is 12.6. The molecule has 2 saturated heterocycles. The van der Waals surface area contributed by atoms with E-state index < -0.39 is 5.54 Å². The Bertz CT molecular complexity index is 1110. The van der Waals surface area contributed by atoms with Crippen LogP contribution in [0, 0.1) is 11.3 Å². The summed E-state index contributed by atoms with van der Waals surface area (Å²) in [6.45, 7) is 6.23. The lowest BCUT2D eigenvalue weighted by Gasteiger charge is -2.43. The van der Waals surface area contributed by atoms with Crippen molar-refractivity contribution in [2.45, 2.75) is 43.7 Å². The molecule has 8 heteroatoms. The van der Waals surface area contributed by atoms with Crippen LogP contribution in [0.25, 0.3) is 0 Å². The van der Waals surface area contributed by atoms with Gasteiger partial charge in [0.25, 0.3) is 5.91 Å². The first-order valence-electron chi connectivity index (χ1n) is 11.3. The minimum atomic E-state index is -0.643. The number of methoxy groups -OCH3 is 1. The summed E-state index contributed by atoms with van der Waals surface area (Å²) in [6.07, 6.45) is 6.25. The van der Waals surface area contributed by atoms with E-state index in [4.69, 9.17) is 9.47 Å². The maximum absolute atomic E-state index is 13.6. The number of amides is 1. The highest BCUT2D eigenvalue weighted by Crippen LogP contribution is 2.50. The number of pyridine rings is 1. The van der Waals surface area contributed by atoms with E-state index in [1.165, 1.54) is 13.3 Å². The molecule has 5 rings (SSSR count). The zero-order chi connectivity index (χ0) is 23.0. The molecule has 0 atom stereocenters. The van der Waals surface area contributed by atoms with Crippen molar-refractivity contribution < 1.29 is 14.3 Å². The number of benzene rings is 1. The van der Waals surface area contributed by atoms with Gasteiger partial charge in [0, 0.05) is 11.8 Å². The summed E-state index contributed by atoms with van der Waals surface area (Å²) < 4.78 is 11.4. The van der Waals surface area contributed by atoms with Crippen molar-refractivity contribution in [3.05, 3.63) is 54.6 Å². The van der Waals surface area contributed by atoms with Crippen molar-refractivity contribution in [1.29, 1.82) is 5.26 Å². The van der Waals surface area contributed by atoms with Crippen LogP contribution in [0.2, 0.25) is 0 Å². The van der Waals surface area contributed by atoms with Crippen LogP contribution in [0.4, 0.5) is 11.4 Å². The van der Waals surface area contributed by atoms with Gasteiger partial charge >= 0.3 is 0 Å². The van der Waals surface area contributed by atoms with E-state index in [2.05, 4.69) is 16.9 Å². The largest absolute Gasteiger partial charge is 0.494 e. The molecule has 1 N–H and O–H groups in total. The molecular weight excluding hydrogens is 418 g/mol. The number of nitrogens with one attached hydrogen (secondary N) is 1. The summed E-state index contributed by atoms with van der Waals surface area (Å²) in [5.41, 5.74) is 0.982. The third kappa shape index (κ3) is 3.49. The molecule has 1 spiro atoms. The predicted molar refractivity (Wildman–Crippen MR) is 124 cm³/mol. The fourth-order valence-corrected chi connectivity index (χ4v) is 4.96. The zero-order valence-electron chi connectivity index (χ0n) is 18.7. The number of rotatable bonds is 5. The van der Waals surface area contributed by atoms with E-state index in [1.54, 1.807) is 11.0 Å². The summed E-state index contributed by atoms with van der Waals surface area (Å²) >= 11 is 0. The number of nitriles is 1. The van der Waals surface area contributed by atoms with E-state index in [9.17, 15) is 10.1 Å². The lowest BCUT2D eigenvalue weighted by atomic mass is 9.75. The quantitative estimate of drug-likeness (QED) is 0.755. The maximum Gasteiger partial charge on any atom is 0.259 e. The minimum Gasteiger partial charge on any atom is -0.494 e. The smallest absolute Gasteiger partial charge is 0.259 e. The first-order valence-corrected chi connectivity index (χ1v) is 11.3. The van der Waals surface area contributed by atoms with Crippen LogP contribution in [0.5, 0.6) is 11.5 Å². The Hall–Kier alpha value is -3.57. The molecule has 1 aromatic carbocycles. The minimum absolute atomic E-state index is 0.0256. The second-order valence-corrected chi connectivity index (χ2v) is 8.69. The number of nitrogens with zero attached hydrogens (tertiary/aromatic N) is 4. The third-order valence-corrected chi connectivity index (χ3v) is 6.83. The monoisotopic (exact) mass is 445 g/mol. The van der Waals surface area contributed by atoms with Crippen LogP contribution in [0.15, 0.2) is 48.9 Å². The van der Waals surface area contributed by atoms with Gasteiger partial charge in [0.15, 0.2) is 11.4 Å². The van der Waals surface area contributed by atoms with E-state index >= 15 is 0 Å². The van der Waals surface area contributed by atoms with Crippen LogP contribution in [-0.2, 0) is 4.79 Å². The molecule has 0 unspecified atom stereocenters. The molecule has 2 aliphatic heterocycles. The van der Waals surface area contributed by atoms with Gasteiger partial charge in [-0.1, -0.05) is 6.58 Å². The molecule has 1 saturated carbocycles. The molecule has 2 aromatic rings. The number of ether oxygens (including phenoxy) is 2. The molecule has 3 fully saturated rings. The second-order valence-electron chi connectivity index (χ2n) is 8.69. The number of hydrogen-bond donors (Lipinski definition) is 1. The topological polar surface area (TPSA) is 90.7 Å². The fraction of sp³-hybridized carbons (Fsp3) is 0.400. The predicted octanol–water partition coefficient (Wildman–Crippen LogP) is 3.34. The van der Waals surface area contributed by atoms with Gasteiger partial charge in [-0.15, -0.1) is 0 Å². The molecule has 170 valence electrons. The van der Waals surface area contributed by atoms with Crippen molar-refractivity contribution in [3.8, 4) is 17.6 Å². The highest BCUT2D eigenvalue weighted by molar-refractivity contribution is 6.10. The summed E-state index contributed by atoms with van der Waals surface area (Å²) in [7, 11) is 1.48. The third-order valence-electron chi connectivity index (χ3n) is 6.83. The van der Waals surface area contributed by atoms with Crippen molar-refractivity contribution in [3.63, 3.8) is 0 Å². The average molecular weight is 446 g/mol. The fourth-order valence-electron chi connectivity index (χ4n) is 4.96. The van der Waals surface area contributed by atoms with Gasteiger partial charge in [0.2, 0.25) is 0 Å². The van der Waals surface area contributed by atoms with Gasteiger partial charge in [-0.2, -0.15) is 5.26 Å². The van der Waals surface area contributed by atoms with Gasteiger partial charge in [-0.25, -0.2) is 4.98 Å². The summed E-state index contributed by atoms with van der Waals surface area (Å²) in [4.78, 5) is 21.5. The molecule has 1 aliphatic carbocycles. The lowest BCUT2D eigenvalue weighted by molar-refractivity contribution is -0.123. The molecule has 0 radical (unpaired) electrons. The van der Waals surface area contributed by atoms with Crippen molar-refractivity contribution in [1.82, 2.24) is 10.3 Å². The number of aromatic nitrogens is 1. The molecule has 3 aliphatic rings. The Labute approximate surface area is 193 Å². The molecule has 8 nitrogen and oxygen atoms in total. The van der Waals surface area contributed by atoms with Crippen LogP contribution < -0.4 is 24.6 Å². The number of hydrogen-bond acceptors (Lipinski definition) is 7. The van der Waals surface area contributed by atoms with Crippen LogP contribution in [-0.4, -0.2) is 42.7 Å². The van der Waals surface area contributed by atoms with Gasteiger partial charge in [0.05, 0.1) is 19.0 Å². The molecule has 0 bridgehead atoms. The Balaban J connectivity index is 1.44. The molecule has 33 heavy (non-hydrogen) atoms. The van der Waals surface area contributed by atoms with Gasteiger partial charge in [-0.05, 0) is 69.5 Å². The maximum atomic E-state index is 13.6. The lowest BCUT2D eigenvalue weighted by Crippen LogP contribution is -2.54. The highest BCUT2D eigenvalue weighted by atomic mass is 16.5. The van der Waals surface area contributed by atoms with E-state index in [0.717, 1.165) is 56.6 Å². The molecule has 3 heterocycles. The van der Waals surface area contributed by atoms with E-state index in [0.29, 0.717) is 17.3 Å². The standard InChI is InChI=1S/C25H27N5O3/c1-17-29(19-14-23(32-2)22(15-26)28-16-19)24(31)25(10-3-11-25)30(17)18-4-6-20(7-5-18)33-21-8-12-27-13-9-21/h4-7,14,16,21,27H,1,3,8-13H2,2H3. The Morgan fingerprint density at radius 1 is 1.21 bits per heavy atom. The number of anilines is 2. The van der Waals surface area contributed by atoms with E-state index in [-0.39, 0.29) is 17.7 Å². The van der Waals surface area contributed by atoms with Crippen molar-refractivity contribution >= 4 is 17.3 Å². The number of piperidine rings is 1. The Kier molecular flexibility index (Phi) is 5.43. The number of carbonyl (C=O) groups is 1. The second kappa shape index (κ2) is 8.41. The SMILES string of the molecule is C=C1N(c2cnc(C#N)c(OC)c2)C(=O)C2(CCC2)N1c1ccc(OC2CCNCC2)cc1. The summed E-state index contributed by atoms with van der Waals surface area (Å²) in [6, 6.07) is 11.6. The van der Waals surface area contributed by atoms with Crippen LogP contribution >= 0.6 is 0 Å². The van der Waals surface area contributed by atoms with Gasteiger partial charge in [0.1, 0.15) is 29.3 Å². The van der Waals surface area contributed by atoms with Crippen LogP contribution in [0.3, 0.4) is 0 Å². The van der Waals surface area contributed by atoms with Crippen molar-refractivity contribution in [2.24, 2.45) is 0 Å². The van der Waals surface area contributed by atoms with E-state index in [1.807, 2.05) is 35.2 Å². The van der Waals surface area contributed by atoms with Crippen LogP contribution in [0.1, 0.15) is 37.8 Å². The molecule has 1 aromatic heterocycles. The zero-order valence-corrected chi connectivity index (χ0v) is 18.7. The molecule has 1 amide bonds. The first kappa shape index (κ1) is 21.3. The molecular formula is C25H27N5O3. The highest BCUT2D eigenvalue weighted by Gasteiger charge is 2.58. The van der Waals surface area contributed by atoms with Gasteiger partial charge < -0.3 is 19.7 Å². The van der Waals surface area contributed by atoms with Gasteiger partial charge in [-0.3, -0.25) is 9.69 Å². The number of carbonyl (C=O) groups excluding carboxylic acids is 1. The normalized spacial score (nSPS) is 20.0. The van der Waals surface area contributed by atoms with Crippen molar-refractivity contribution in [2.75, 3.05) is 30.0 Å². The average Bonchev–Trinajstić information content (AvgIpc) is 3.06.